The second kappa shape index (κ2) is 23.7. The molecule has 3 aromatic rings. The van der Waals surface area contributed by atoms with Crippen molar-refractivity contribution in [1.29, 1.82) is 0 Å². The van der Waals surface area contributed by atoms with Crippen molar-refractivity contribution in [3.8, 4) is 0 Å². The van der Waals surface area contributed by atoms with Crippen molar-refractivity contribution in [2.24, 2.45) is 0 Å². The number of likely N-dealkylation sites (N-methyl/N-ethyl adjacent to an activating group) is 1. The highest BCUT2D eigenvalue weighted by Gasteiger charge is 2.42. The van der Waals surface area contributed by atoms with Gasteiger partial charge in [-0.15, -0.1) is 0 Å². The molecule has 16 nitrogen and oxygen atoms in total. The molecule has 1 heterocycles. The molecule has 0 unspecified atom stereocenters. The van der Waals surface area contributed by atoms with Gasteiger partial charge in [-0.3, -0.25) is 33.8 Å². The van der Waals surface area contributed by atoms with Gasteiger partial charge in [0.2, 0.25) is 29.5 Å². The van der Waals surface area contributed by atoms with Gasteiger partial charge in [0.05, 0.1) is 6.42 Å². The van der Waals surface area contributed by atoms with Gasteiger partial charge < -0.3 is 42.3 Å². The van der Waals surface area contributed by atoms with Crippen LogP contribution in [0, 0.1) is 6.92 Å². The quantitative estimate of drug-likeness (QED) is 0.0562. The van der Waals surface area contributed by atoms with E-state index in [0.717, 1.165) is 30.4 Å². The van der Waals surface area contributed by atoms with E-state index in [4.69, 9.17) is 0 Å². The molecule has 16 heteroatoms. The molecule has 60 heavy (non-hydrogen) atoms. The summed E-state index contributed by atoms with van der Waals surface area (Å²) in [5.41, 5.74) is 2.29. The van der Waals surface area contributed by atoms with Gasteiger partial charge in [-0.05, 0) is 98.9 Å². The molecule has 0 radical (unpaired) electrons. The van der Waals surface area contributed by atoms with Crippen LogP contribution in [0.4, 0.5) is 16.2 Å². The number of aliphatic carboxylic acids is 1. The predicted molar refractivity (Wildman–Crippen MR) is 227 cm³/mol. The predicted octanol–water partition coefficient (Wildman–Crippen LogP) is 4.37. The zero-order valence-electron chi connectivity index (χ0n) is 34.2. The average Bonchev–Trinajstić information content (AvgIpc) is 3.23. The molecule has 1 aromatic heterocycles. The Kier molecular flexibility index (Phi) is 18.2. The lowest BCUT2D eigenvalue weighted by Crippen LogP contribution is -2.63. The maximum atomic E-state index is 14.0. The molecule has 0 bridgehead atoms. The van der Waals surface area contributed by atoms with Crippen LogP contribution in [0.1, 0.15) is 87.3 Å². The van der Waals surface area contributed by atoms with Gasteiger partial charge in [-0.1, -0.05) is 55.7 Å². The smallest absolute Gasteiger partial charge is 0.323 e. The van der Waals surface area contributed by atoms with Crippen molar-refractivity contribution in [3.05, 3.63) is 95.8 Å². The number of aromatic nitrogens is 1. The summed E-state index contributed by atoms with van der Waals surface area (Å²) in [6.07, 6.45) is 10.2. The molecule has 0 spiro atoms. The topological polar surface area (TPSA) is 237 Å². The van der Waals surface area contributed by atoms with E-state index in [1.807, 2.05) is 31.2 Å². The van der Waals surface area contributed by atoms with Crippen molar-refractivity contribution in [2.75, 3.05) is 24.2 Å². The van der Waals surface area contributed by atoms with E-state index in [1.165, 1.54) is 13.1 Å². The molecule has 320 valence electrons. The van der Waals surface area contributed by atoms with Crippen LogP contribution < -0.4 is 37.2 Å². The third-order valence-corrected chi connectivity index (χ3v) is 10.2. The number of urea groups is 1. The largest absolute Gasteiger partial charge is 0.481 e. The highest BCUT2D eigenvalue weighted by Crippen LogP contribution is 2.29. The molecular formula is C44H56N8O8. The minimum atomic E-state index is -1.19. The summed E-state index contributed by atoms with van der Waals surface area (Å²) in [5.74, 6) is -3.46. The van der Waals surface area contributed by atoms with Crippen molar-refractivity contribution < 1.29 is 38.7 Å². The minimum Gasteiger partial charge on any atom is -0.481 e. The van der Waals surface area contributed by atoms with Crippen molar-refractivity contribution in [1.82, 2.24) is 31.6 Å². The lowest BCUT2D eigenvalue weighted by molar-refractivity contribution is -0.138. The molecule has 1 aliphatic rings. The van der Waals surface area contributed by atoms with Gasteiger partial charge in [0, 0.05) is 49.9 Å². The maximum absolute atomic E-state index is 14.0. The molecule has 2 aromatic carbocycles. The number of nitrogens with zero attached hydrogens (tertiary/aromatic N) is 1. The van der Waals surface area contributed by atoms with Crippen molar-refractivity contribution in [3.63, 3.8) is 0 Å². The molecular weight excluding hydrogens is 769 g/mol. The van der Waals surface area contributed by atoms with Crippen LogP contribution in [0.2, 0.25) is 0 Å². The van der Waals surface area contributed by atoms with Crippen molar-refractivity contribution >= 4 is 59.0 Å². The van der Waals surface area contributed by atoms with Gasteiger partial charge in [0.25, 0.3) is 0 Å². The van der Waals surface area contributed by atoms with E-state index >= 15 is 0 Å². The number of carboxylic acids is 1. The van der Waals surface area contributed by atoms with Gasteiger partial charge >= 0.3 is 12.0 Å². The fourth-order valence-electron chi connectivity index (χ4n) is 6.92. The van der Waals surface area contributed by atoms with Gasteiger partial charge in [0.15, 0.2) is 0 Å². The monoisotopic (exact) mass is 824 g/mol. The maximum Gasteiger partial charge on any atom is 0.323 e. The lowest BCUT2D eigenvalue weighted by Gasteiger charge is -2.37. The molecule has 0 saturated heterocycles. The molecule has 1 fully saturated rings. The summed E-state index contributed by atoms with van der Waals surface area (Å²) in [4.78, 5) is 94.6. The van der Waals surface area contributed by atoms with Crippen LogP contribution in [0.5, 0.6) is 0 Å². The number of anilines is 2. The normalized spacial score (nSPS) is 14.2. The molecule has 4 rings (SSSR count). The first kappa shape index (κ1) is 46.1. The number of benzene rings is 2. The fraction of sp³-hybridized carbons (Fsp3) is 0.409. The number of rotatable bonds is 21. The molecule has 2 atom stereocenters. The van der Waals surface area contributed by atoms with Gasteiger partial charge in [-0.25, -0.2) is 4.79 Å². The van der Waals surface area contributed by atoms with E-state index in [1.54, 1.807) is 54.9 Å². The number of unbranched alkanes of at least 4 members (excludes halogenated alkanes) is 1. The number of carbonyl (C=O) groups is 7. The number of pyridine rings is 1. The second-order valence-corrected chi connectivity index (χ2v) is 14.9. The van der Waals surface area contributed by atoms with Crippen LogP contribution in [-0.4, -0.2) is 82.8 Å². The Bertz CT molecular complexity index is 1970. The first-order valence-corrected chi connectivity index (χ1v) is 20.3. The lowest BCUT2D eigenvalue weighted by atomic mass is 9.80. The molecule has 0 aliphatic heterocycles. The Balaban J connectivity index is 1.42. The molecule has 7 amide bonds. The zero-order chi connectivity index (χ0) is 43.3. The summed E-state index contributed by atoms with van der Waals surface area (Å²) < 4.78 is 0. The Morgan fingerprint density at radius 3 is 2.22 bits per heavy atom. The molecule has 1 aliphatic carbocycles. The highest BCUT2D eigenvalue weighted by atomic mass is 16.4. The van der Waals surface area contributed by atoms with Crippen LogP contribution in [-0.2, 0) is 35.2 Å². The molecule has 8 N–H and O–H groups in total. The summed E-state index contributed by atoms with van der Waals surface area (Å²) in [6.45, 7) is 2.18. The van der Waals surface area contributed by atoms with E-state index < -0.39 is 47.3 Å². The van der Waals surface area contributed by atoms with Crippen LogP contribution >= 0.6 is 0 Å². The number of aryl methyl sites for hydroxylation is 1. The average molecular weight is 825 g/mol. The zero-order valence-corrected chi connectivity index (χ0v) is 34.2. The van der Waals surface area contributed by atoms with E-state index in [0.29, 0.717) is 49.2 Å². The Morgan fingerprint density at radius 2 is 1.53 bits per heavy atom. The summed E-state index contributed by atoms with van der Waals surface area (Å²) >= 11 is 0. The van der Waals surface area contributed by atoms with Gasteiger partial charge in [-0.2, -0.15) is 0 Å². The second-order valence-electron chi connectivity index (χ2n) is 14.9. The third kappa shape index (κ3) is 15.3. The Hall–Kier alpha value is -6.58. The fourth-order valence-corrected chi connectivity index (χ4v) is 6.92. The first-order valence-electron chi connectivity index (χ1n) is 20.3. The number of nitrogens with one attached hydrogen (secondary N) is 7. The number of carbonyl (C=O) groups excluding carboxylic acids is 6. The van der Waals surface area contributed by atoms with Crippen LogP contribution in [0.15, 0.2) is 79.1 Å². The van der Waals surface area contributed by atoms with Crippen LogP contribution in [0.25, 0.3) is 6.08 Å². The Morgan fingerprint density at radius 1 is 0.817 bits per heavy atom. The van der Waals surface area contributed by atoms with Gasteiger partial charge in [0.1, 0.15) is 17.6 Å². The Labute approximate surface area is 350 Å². The number of carboxylic acid groups (broad SMARTS) is 1. The standard InChI is InChI=1S/C44H56N8O8/c1-30-12-4-5-14-34(30)51-43(60)48-33-21-18-31(19-22-33)28-38(54)49-35(15-6-9-27-47-37(53)23-20-32-13-11-26-46-29-32)40(57)50-36(16-10-17-39(55)56)41(58)52-44(42(59)45-2)24-7-3-8-25-44/h4-5,11-14,18-23,26,29,35-36H,3,6-10,15-17,24-25,27-28H2,1-2H3,(H,45,59)(H,47,53)(H,49,54)(H,50,57)(H,52,58)(H,55,56)(H2,48,51,60)/b23-20+/t35-,36-/m0/s1. The molecule has 1 saturated carbocycles. The van der Waals surface area contributed by atoms with Crippen LogP contribution in [0.3, 0.4) is 0 Å². The number of para-hydroxylation sites is 1. The minimum absolute atomic E-state index is 0.0175. The summed E-state index contributed by atoms with van der Waals surface area (Å²) in [5, 5.41) is 28.7. The SMILES string of the molecule is CNC(=O)C1(NC(=O)[C@H](CCCC(=O)O)NC(=O)[C@H](CCCCNC(=O)/C=C/c2cccnc2)NC(=O)Cc2ccc(NC(=O)Nc3ccccc3C)cc2)CCCCC1. The number of hydrogen-bond acceptors (Lipinski definition) is 8. The van der Waals surface area contributed by atoms with E-state index in [9.17, 15) is 38.7 Å². The summed E-state index contributed by atoms with van der Waals surface area (Å²) in [7, 11) is 1.49. The van der Waals surface area contributed by atoms with Crippen molar-refractivity contribution in [2.45, 2.75) is 102 Å². The number of hydrogen-bond donors (Lipinski definition) is 8. The summed E-state index contributed by atoms with van der Waals surface area (Å²) in [6, 6.07) is 14.9. The van der Waals surface area contributed by atoms with E-state index in [2.05, 4.69) is 42.2 Å². The third-order valence-electron chi connectivity index (χ3n) is 10.2. The first-order chi connectivity index (χ1) is 28.9. The van der Waals surface area contributed by atoms with E-state index in [-0.39, 0.29) is 43.9 Å². The highest BCUT2D eigenvalue weighted by molar-refractivity contribution is 6.00. The number of amides is 7.